The number of carbonyl (C=O) groups is 1. The normalized spacial score (nSPS) is 20.1. The summed E-state index contributed by atoms with van der Waals surface area (Å²) in [5.41, 5.74) is 0.962. The van der Waals surface area contributed by atoms with Gasteiger partial charge >= 0.3 is 0 Å². The fourth-order valence-corrected chi connectivity index (χ4v) is 4.71. The smallest absolute Gasteiger partial charge is 0.227 e. The van der Waals surface area contributed by atoms with Crippen LogP contribution in [-0.4, -0.2) is 51.2 Å². The van der Waals surface area contributed by atoms with Gasteiger partial charge in [0, 0.05) is 37.9 Å². The van der Waals surface area contributed by atoms with Gasteiger partial charge in [-0.15, -0.1) is 22.7 Å². The molecule has 0 radical (unpaired) electrons. The van der Waals surface area contributed by atoms with E-state index in [0.29, 0.717) is 23.3 Å². The van der Waals surface area contributed by atoms with Gasteiger partial charge in [-0.1, -0.05) is 11.2 Å². The number of morpholine rings is 1. The molecule has 1 N–H and O–H groups in total. The molecule has 0 aliphatic carbocycles. The van der Waals surface area contributed by atoms with Crippen LogP contribution < -0.4 is 5.32 Å². The molecule has 1 saturated heterocycles. The number of ether oxygens (including phenoxy) is 1. The molecule has 4 rings (SSSR count). The largest absolute Gasteiger partial charge is 0.373 e. The molecule has 0 spiro atoms. The Morgan fingerprint density at radius 3 is 2.86 bits per heavy atom. The highest BCUT2D eigenvalue weighted by Crippen LogP contribution is 2.22. The van der Waals surface area contributed by atoms with Gasteiger partial charge in [-0.25, -0.2) is 4.98 Å². The Morgan fingerprint density at radius 2 is 2.10 bits per heavy atom. The summed E-state index contributed by atoms with van der Waals surface area (Å²) in [4.78, 5) is 24.4. The third-order valence-corrected chi connectivity index (χ3v) is 6.13. The minimum Gasteiger partial charge on any atom is -0.373 e. The van der Waals surface area contributed by atoms with Crippen LogP contribution >= 0.6 is 22.7 Å². The van der Waals surface area contributed by atoms with Gasteiger partial charge in [0.15, 0.2) is 5.13 Å². The van der Waals surface area contributed by atoms with E-state index in [4.69, 9.17) is 9.26 Å². The monoisotopic (exact) mass is 433 g/mol. The van der Waals surface area contributed by atoms with Crippen LogP contribution in [0.15, 0.2) is 27.4 Å². The van der Waals surface area contributed by atoms with E-state index in [0.717, 1.165) is 30.2 Å². The first-order valence-electron chi connectivity index (χ1n) is 9.53. The van der Waals surface area contributed by atoms with Crippen molar-refractivity contribution in [3.05, 3.63) is 34.5 Å². The molecule has 4 heterocycles. The number of rotatable bonds is 7. The number of amides is 1. The van der Waals surface area contributed by atoms with Crippen molar-refractivity contribution in [1.82, 2.24) is 20.0 Å². The molecule has 3 aromatic rings. The first kappa shape index (κ1) is 20.1. The van der Waals surface area contributed by atoms with Crippen molar-refractivity contribution < 1.29 is 14.1 Å². The minimum absolute atomic E-state index is 0.115. The van der Waals surface area contributed by atoms with Crippen LogP contribution in [0.3, 0.4) is 0 Å². The third kappa shape index (κ3) is 5.47. The highest BCUT2D eigenvalue weighted by Gasteiger charge is 2.23. The van der Waals surface area contributed by atoms with Gasteiger partial charge in [0.25, 0.3) is 0 Å². The summed E-state index contributed by atoms with van der Waals surface area (Å²) in [6.45, 7) is 6.71. The fourth-order valence-electron chi connectivity index (χ4n) is 3.34. The van der Waals surface area contributed by atoms with Gasteiger partial charge < -0.3 is 14.6 Å². The number of aryl methyl sites for hydroxylation is 1. The zero-order chi connectivity index (χ0) is 20.2. The van der Waals surface area contributed by atoms with E-state index in [2.05, 4.69) is 39.2 Å². The molecule has 29 heavy (non-hydrogen) atoms. The van der Waals surface area contributed by atoms with Gasteiger partial charge in [0.05, 0.1) is 22.8 Å². The Balaban J connectivity index is 1.25. The number of hydrogen-bond donors (Lipinski definition) is 1. The first-order chi connectivity index (χ1) is 14.0. The van der Waals surface area contributed by atoms with Crippen molar-refractivity contribution >= 4 is 33.7 Å². The molecule has 1 aliphatic heterocycles. The highest BCUT2D eigenvalue weighted by atomic mass is 32.1. The second-order valence-corrected chi connectivity index (χ2v) is 8.94. The molecule has 0 aromatic carbocycles. The minimum atomic E-state index is -0.115. The molecule has 10 heteroatoms. The number of carbonyl (C=O) groups excluding carboxylic acids is 1. The van der Waals surface area contributed by atoms with E-state index >= 15 is 0 Å². The van der Waals surface area contributed by atoms with Gasteiger partial charge in [-0.3, -0.25) is 9.69 Å². The lowest BCUT2D eigenvalue weighted by Gasteiger charge is -2.34. The average molecular weight is 434 g/mol. The lowest BCUT2D eigenvalue weighted by molar-refractivity contribution is -0.116. The summed E-state index contributed by atoms with van der Waals surface area (Å²) >= 11 is 2.99. The van der Waals surface area contributed by atoms with Crippen LogP contribution in [0, 0.1) is 0 Å². The Hall–Kier alpha value is -2.14. The summed E-state index contributed by atoms with van der Waals surface area (Å²) < 4.78 is 11.0. The number of nitrogens with one attached hydrogen (secondary N) is 1. The molecule has 154 valence electrons. The molecule has 1 aliphatic rings. The highest BCUT2D eigenvalue weighted by molar-refractivity contribution is 7.14. The lowest BCUT2D eigenvalue weighted by Crippen LogP contribution is -2.44. The van der Waals surface area contributed by atoms with Gasteiger partial charge in [-0.05, 0) is 25.3 Å². The molecule has 2 atom stereocenters. The van der Waals surface area contributed by atoms with Crippen molar-refractivity contribution in [1.29, 1.82) is 0 Å². The van der Waals surface area contributed by atoms with Crippen LogP contribution in [-0.2, 0) is 22.5 Å². The van der Waals surface area contributed by atoms with Crippen LogP contribution in [0.2, 0.25) is 0 Å². The standard InChI is InChI=1S/C19H23N5O3S2/c1-12-8-24(9-13(2)26-12)10-14-11-29-19(20-14)21-16(25)5-6-17-22-18(23-27-17)15-4-3-7-28-15/h3-4,7,11-13H,5-6,8-10H2,1-2H3,(H,20,21,25). The van der Waals surface area contributed by atoms with E-state index in [-0.39, 0.29) is 24.5 Å². The number of nitrogens with zero attached hydrogens (tertiary/aromatic N) is 4. The van der Waals surface area contributed by atoms with E-state index in [1.54, 1.807) is 11.3 Å². The van der Waals surface area contributed by atoms with E-state index in [1.807, 2.05) is 22.9 Å². The zero-order valence-corrected chi connectivity index (χ0v) is 18.0. The van der Waals surface area contributed by atoms with Crippen LogP contribution in [0.5, 0.6) is 0 Å². The maximum Gasteiger partial charge on any atom is 0.227 e. The van der Waals surface area contributed by atoms with Crippen LogP contribution in [0.1, 0.15) is 31.9 Å². The Bertz CT molecular complexity index is 929. The predicted octanol–water partition coefficient (Wildman–Crippen LogP) is 3.44. The maximum atomic E-state index is 12.2. The summed E-state index contributed by atoms with van der Waals surface area (Å²) in [5.74, 6) is 0.904. The average Bonchev–Trinajstić information content (AvgIpc) is 3.41. The van der Waals surface area contributed by atoms with Crippen molar-refractivity contribution in [3.8, 4) is 10.7 Å². The molecular weight excluding hydrogens is 410 g/mol. The number of thiophene rings is 1. The second-order valence-electron chi connectivity index (χ2n) is 7.13. The summed E-state index contributed by atoms with van der Waals surface area (Å²) in [7, 11) is 0. The van der Waals surface area contributed by atoms with Gasteiger partial charge in [0.1, 0.15) is 0 Å². The van der Waals surface area contributed by atoms with E-state index in [9.17, 15) is 4.79 Å². The summed E-state index contributed by atoms with van der Waals surface area (Å²) in [6.07, 6.45) is 1.11. The van der Waals surface area contributed by atoms with Crippen LogP contribution in [0.25, 0.3) is 10.7 Å². The number of anilines is 1. The topological polar surface area (TPSA) is 93.4 Å². The van der Waals surface area contributed by atoms with Gasteiger partial charge in [0.2, 0.25) is 17.6 Å². The number of hydrogen-bond acceptors (Lipinski definition) is 9. The summed E-state index contributed by atoms with van der Waals surface area (Å²) in [6, 6.07) is 3.87. The van der Waals surface area contributed by atoms with Crippen molar-refractivity contribution in [2.45, 2.75) is 45.4 Å². The third-order valence-electron chi connectivity index (χ3n) is 4.45. The Morgan fingerprint density at radius 1 is 1.28 bits per heavy atom. The molecular formula is C19H23N5O3S2. The SMILES string of the molecule is CC1CN(Cc2csc(NC(=O)CCc3nc(-c4cccs4)no3)n2)CC(C)O1. The molecule has 8 nitrogen and oxygen atoms in total. The quantitative estimate of drug-likeness (QED) is 0.610. The zero-order valence-electron chi connectivity index (χ0n) is 16.3. The molecule has 2 unspecified atom stereocenters. The molecule has 1 amide bonds. The molecule has 3 aromatic heterocycles. The van der Waals surface area contributed by atoms with E-state index < -0.39 is 0 Å². The predicted molar refractivity (Wildman–Crippen MR) is 112 cm³/mol. The maximum absolute atomic E-state index is 12.2. The van der Waals surface area contributed by atoms with Gasteiger partial charge in [-0.2, -0.15) is 4.98 Å². The fraction of sp³-hybridized carbons (Fsp3) is 0.474. The van der Waals surface area contributed by atoms with E-state index in [1.165, 1.54) is 11.3 Å². The first-order valence-corrected chi connectivity index (χ1v) is 11.3. The second kappa shape index (κ2) is 9.12. The van der Waals surface area contributed by atoms with Crippen LogP contribution in [0.4, 0.5) is 5.13 Å². The molecule has 0 saturated carbocycles. The lowest BCUT2D eigenvalue weighted by atomic mass is 10.2. The van der Waals surface area contributed by atoms with Crippen molar-refractivity contribution in [2.24, 2.45) is 0 Å². The number of thiazole rings is 1. The number of aromatic nitrogens is 3. The molecule has 1 fully saturated rings. The Labute approximate surface area is 176 Å². The molecule has 0 bridgehead atoms. The Kier molecular flexibility index (Phi) is 6.34. The van der Waals surface area contributed by atoms with Crippen molar-refractivity contribution in [3.63, 3.8) is 0 Å². The van der Waals surface area contributed by atoms with Crippen molar-refractivity contribution in [2.75, 3.05) is 18.4 Å². The summed E-state index contributed by atoms with van der Waals surface area (Å²) in [5, 5.41) is 11.4.